The molecule has 3 aliphatic heterocycles. The SMILES string of the molecule is Oc1cc(O)c2c(c1)OC(c1ccc(O)c(O)c1)[C@@H](O)[C@@H]2c1c(O)cc(O)c2c1OC(c1ccc(O)c(O)c1)[C@@H](O)[C@@H]2c1c(O)cc(O)c2c1OC(c1ccc(O)c(O)c1)[C@@H](O)C2. The lowest BCUT2D eigenvalue weighted by Crippen LogP contribution is -2.39. The van der Waals surface area contributed by atoms with Crippen molar-refractivity contribution >= 4 is 0 Å². The summed E-state index contributed by atoms with van der Waals surface area (Å²) in [4.78, 5) is 0. The first kappa shape index (κ1) is 40.6. The topological polar surface area (TPSA) is 331 Å². The van der Waals surface area contributed by atoms with Crippen molar-refractivity contribution in [3.8, 4) is 86.2 Å². The van der Waals surface area contributed by atoms with Crippen LogP contribution in [0.3, 0.4) is 0 Å². The summed E-state index contributed by atoms with van der Waals surface area (Å²) in [6.45, 7) is 0. The number of rotatable bonds is 5. The van der Waals surface area contributed by atoms with Gasteiger partial charge in [0, 0.05) is 58.5 Å². The van der Waals surface area contributed by atoms with Gasteiger partial charge in [0.2, 0.25) is 0 Å². The van der Waals surface area contributed by atoms with Gasteiger partial charge in [0.1, 0.15) is 70.1 Å². The van der Waals surface area contributed by atoms with Gasteiger partial charge in [0.05, 0.1) is 17.9 Å². The van der Waals surface area contributed by atoms with Crippen molar-refractivity contribution in [2.75, 3.05) is 0 Å². The number of benzene rings is 6. The molecule has 326 valence electrons. The Morgan fingerprint density at radius 2 is 0.778 bits per heavy atom. The quantitative estimate of drug-likeness (QED) is 0.106. The van der Waals surface area contributed by atoms with E-state index in [1.807, 2.05) is 0 Å². The Kier molecular flexibility index (Phi) is 9.46. The molecular formula is C45H38O18. The van der Waals surface area contributed by atoms with Gasteiger partial charge in [0.15, 0.2) is 46.7 Å². The van der Waals surface area contributed by atoms with E-state index in [0.717, 1.165) is 60.7 Å². The molecule has 0 fully saturated rings. The van der Waals surface area contributed by atoms with Crippen molar-refractivity contribution < 1.29 is 90.8 Å². The molecule has 3 unspecified atom stereocenters. The van der Waals surface area contributed by atoms with Crippen molar-refractivity contribution in [3.05, 3.63) is 123 Å². The van der Waals surface area contributed by atoms with Crippen LogP contribution in [0.2, 0.25) is 0 Å². The predicted molar refractivity (Wildman–Crippen MR) is 214 cm³/mol. The van der Waals surface area contributed by atoms with E-state index < -0.39 is 123 Å². The van der Waals surface area contributed by atoms with Gasteiger partial charge in [-0.05, 0) is 53.1 Å². The minimum absolute atomic E-state index is 0.0127. The van der Waals surface area contributed by atoms with Crippen molar-refractivity contribution in [2.24, 2.45) is 0 Å². The van der Waals surface area contributed by atoms with Gasteiger partial charge >= 0.3 is 0 Å². The Bertz CT molecular complexity index is 2840. The maximum absolute atomic E-state index is 12.5. The third-order valence-electron chi connectivity index (χ3n) is 11.8. The summed E-state index contributed by atoms with van der Waals surface area (Å²) < 4.78 is 18.9. The Labute approximate surface area is 354 Å². The molecule has 3 aliphatic rings. The zero-order valence-corrected chi connectivity index (χ0v) is 32.3. The zero-order valence-electron chi connectivity index (χ0n) is 32.3. The maximum Gasteiger partial charge on any atom is 0.157 e. The smallest absolute Gasteiger partial charge is 0.157 e. The van der Waals surface area contributed by atoms with Crippen LogP contribution < -0.4 is 14.2 Å². The molecule has 3 heterocycles. The van der Waals surface area contributed by atoms with Crippen LogP contribution in [0.15, 0.2) is 78.9 Å². The van der Waals surface area contributed by atoms with Crippen LogP contribution in [0.4, 0.5) is 0 Å². The van der Waals surface area contributed by atoms with Crippen molar-refractivity contribution in [2.45, 2.75) is 54.9 Å². The molecule has 63 heavy (non-hydrogen) atoms. The van der Waals surface area contributed by atoms with E-state index in [0.29, 0.717) is 0 Å². The summed E-state index contributed by atoms with van der Waals surface area (Å²) in [5, 5.41) is 166. The van der Waals surface area contributed by atoms with Gasteiger partial charge in [-0.25, -0.2) is 0 Å². The number of ether oxygens (including phenoxy) is 3. The molecule has 0 aliphatic carbocycles. The summed E-state index contributed by atoms with van der Waals surface area (Å²) in [7, 11) is 0. The number of fused-ring (bicyclic) bond motifs is 3. The summed E-state index contributed by atoms with van der Waals surface area (Å²) in [6, 6.07) is 14.4. The molecule has 0 saturated carbocycles. The summed E-state index contributed by atoms with van der Waals surface area (Å²) in [5.41, 5.74) is -1.10. The summed E-state index contributed by atoms with van der Waals surface area (Å²) in [5.74, 6) is -11.5. The molecular weight excluding hydrogens is 828 g/mol. The first-order valence-corrected chi connectivity index (χ1v) is 19.3. The zero-order chi connectivity index (χ0) is 44.9. The number of aliphatic hydroxyl groups is 3. The second-order valence-corrected chi connectivity index (χ2v) is 15.7. The number of aliphatic hydroxyl groups excluding tert-OH is 3. The first-order valence-electron chi connectivity index (χ1n) is 19.3. The lowest BCUT2D eigenvalue weighted by atomic mass is 9.73. The number of phenolic OH excluding ortho intramolecular Hbond substituents is 12. The summed E-state index contributed by atoms with van der Waals surface area (Å²) >= 11 is 0. The van der Waals surface area contributed by atoms with E-state index in [4.69, 9.17) is 14.2 Å². The van der Waals surface area contributed by atoms with Crippen LogP contribution in [0, 0.1) is 0 Å². The highest BCUT2D eigenvalue weighted by molar-refractivity contribution is 5.70. The third kappa shape index (κ3) is 6.46. The molecule has 18 nitrogen and oxygen atoms in total. The van der Waals surface area contributed by atoms with Crippen molar-refractivity contribution in [3.63, 3.8) is 0 Å². The molecule has 0 amide bonds. The highest BCUT2D eigenvalue weighted by Crippen LogP contribution is 2.62. The number of hydrogen-bond donors (Lipinski definition) is 15. The van der Waals surface area contributed by atoms with Gasteiger partial charge in [-0.15, -0.1) is 0 Å². The van der Waals surface area contributed by atoms with E-state index in [1.54, 1.807) is 0 Å². The highest BCUT2D eigenvalue weighted by Gasteiger charge is 2.51. The Morgan fingerprint density at radius 1 is 0.365 bits per heavy atom. The maximum atomic E-state index is 12.5. The standard InChI is InChI=1S/C45H38O18/c46-18-10-27(54)33-32(11-18)61-42(16-2-5-21(48)25(52)8-16)39(59)37(33)35-29(56)14-30(57)36-38(40(60)43(63-45(35)36)17-3-6-22(49)26(53)9-17)34-28(55)13-23(50)19-12-31(58)41(62-44(19)34)15-1-4-20(47)24(51)7-15/h1-11,13-14,31,37-43,46-60H,12H2/t31-,37-,38+,39-,40-,41?,42?,43?/m0/s1. The van der Waals surface area contributed by atoms with Crippen LogP contribution in [0.25, 0.3) is 0 Å². The largest absolute Gasteiger partial charge is 0.508 e. The lowest BCUT2D eigenvalue weighted by Gasteiger charge is -2.43. The van der Waals surface area contributed by atoms with E-state index in [9.17, 15) is 76.6 Å². The van der Waals surface area contributed by atoms with Gasteiger partial charge in [-0.3, -0.25) is 0 Å². The van der Waals surface area contributed by atoms with Gasteiger partial charge in [-0.1, -0.05) is 18.2 Å². The molecule has 18 heteroatoms. The summed E-state index contributed by atoms with van der Waals surface area (Å²) in [6.07, 6.45) is -9.93. The number of aromatic hydroxyl groups is 12. The van der Waals surface area contributed by atoms with Gasteiger partial charge < -0.3 is 90.8 Å². The second-order valence-electron chi connectivity index (χ2n) is 15.7. The number of hydrogen-bond acceptors (Lipinski definition) is 18. The monoisotopic (exact) mass is 866 g/mol. The van der Waals surface area contributed by atoms with E-state index in [-0.39, 0.29) is 62.4 Å². The van der Waals surface area contributed by atoms with Crippen LogP contribution in [0.5, 0.6) is 86.2 Å². The van der Waals surface area contributed by atoms with E-state index in [1.165, 1.54) is 18.2 Å². The Balaban J connectivity index is 1.31. The molecule has 0 aromatic heterocycles. The van der Waals surface area contributed by atoms with Crippen molar-refractivity contribution in [1.29, 1.82) is 0 Å². The molecule has 0 spiro atoms. The van der Waals surface area contributed by atoms with Gasteiger partial charge in [0.25, 0.3) is 0 Å². The van der Waals surface area contributed by atoms with Crippen LogP contribution in [-0.2, 0) is 6.42 Å². The minimum atomic E-state index is -1.90. The molecule has 0 radical (unpaired) electrons. The lowest BCUT2D eigenvalue weighted by molar-refractivity contribution is -0.00562. The normalized spacial score (nSPS) is 23.6. The Hall–Kier alpha value is -7.80. The molecule has 6 aromatic rings. The highest BCUT2D eigenvalue weighted by atomic mass is 16.5. The van der Waals surface area contributed by atoms with E-state index in [2.05, 4.69) is 0 Å². The predicted octanol–water partition coefficient (Wildman–Crippen LogP) is 4.44. The van der Waals surface area contributed by atoms with Crippen LogP contribution in [0.1, 0.15) is 74.7 Å². The average Bonchev–Trinajstić information content (AvgIpc) is 3.22. The fraction of sp³-hybridized carbons (Fsp3) is 0.200. The molecule has 6 aromatic carbocycles. The minimum Gasteiger partial charge on any atom is -0.508 e. The first-order chi connectivity index (χ1) is 29.9. The molecule has 0 saturated heterocycles. The van der Waals surface area contributed by atoms with Crippen LogP contribution in [-0.4, -0.2) is 94.9 Å². The number of phenols is 12. The third-order valence-corrected chi connectivity index (χ3v) is 11.8. The molecule has 15 N–H and O–H groups in total. The average molecular weight is 867 g/mol. The van der Waals surface area contributed by atoms with E-state index >= 15 is 0 Å². The molecule has 8 atom stereocenters. The van der Waals surface area contributed by atoms with Crippen molar-refractivity contribution in [1.82, 2.24) is 0 Å². The van der Waals surface area contributed by atoms with Crippen LogP contribution >= 0.6 is 0 Å². The van der Waals surface area contributed by atoms with Gasteiger partial charge in [-0.2, -0.15) is 0 Å². The Morgan fingerprint density at radius 3 is 1.29 bits per heavy atom. The fourth-order valence-corrected chi connectivity index (χ4v) is 8.94. The molecule has 9 rings (SSSR count). The fourth-order valence-electron chi connectivity index (χ4n) is 8.94. The molecule has 0 bridgehead atoms. The second kappa shape index (κ2) is 14.7.